The molecule has 0 N–H and O–H groups in total. The number of ether oxygens (including phenoxy) is 1. The van der Waals surface area contributed by atoms with Crippen LogP contribution in [-0.2, 0) is 13.0 Å². The lowest BCUT2D eigenvalue weighted by atomic mass is 10.1. The summed E-state index contributed by atoms with van der Waals surface area (Å²) in [6.45, 7) is 2.80. The van der Waals surface area contributed by atoms with Gasteiger partial charge in [-0.15, -0.1) is 0 Å². The van der Waals surface area contributed by atoms with Gasteiger partial charge in [0.05, 0.1) is 25.1 Å². The van der Waals surface area contributed by atoms with Crippen molar-refractivity contribution < 1.29 is 9.53 Å². The van der Waals surface area contributed by atoms with E-state index >= 15 is 0 Å². The van der Waals surface area contributed by atoms with Crippen LogP contribution in [-0.4, -0.2) is 27.7 Å². The third-order valence-electron chi connectivity index (χ3n) is 2.68. The molecule has 0 aliphatic heterocycles. The summed E-state index contributed by atoms with van der Waals surface area (Å²) in [7, 11) is 1.53. The van der Waals surface area contributed by atoms with Crippen LogP contribution in [0, 0.1) is 0 Å². The minimum Gasteiger partial charge on any atom is -0.494 e. The van der Waals surface area contributed by atoms with E-state index in [0.717, 1.165) is 12.1 Å². The van der Waals surface area contributed by atoms with Crippen molar-refractivity contribution in [2.24, 2.45) is 0 Å². The van der Waals surface area contributed by atoms with E-state index in [4.69, 9.17) is 4.74 Å². The zero-order chi connectivity index (χ0) is 13.0. The van der Waals surface area contributed by atoms with E-state index in [1.165, 1.54) is 7.11 Å². The van der Waals surface area contributed by atoms with Crippen molar-refractivity contribution in [1.29, 1.82) is 0 Å². The molecule has 0 amide bonds. The van der Waals surface area contributed by atoms with Crippen molar-refractivity contribution >= 4 is 5.78 Å². The second-order valence-electron chi connectivity index (χ2n) is 3.88. The Hall–Kier alpha value is -2.17. The number of methoxy groups -OCH3 is 1. The Morgan fingerprint density at radius 1 is 1.44 bits per heavy atom. The van der Waals surface area contributed by atoms with E-state index in [1.54, 1.807) is 29.3 Å². The van der Waals surface area contributed by atoms with Crippen LogP contribution in [0.2, 0.25) is 0 Å². The summed E-state index contributed by atoms with van der Waals surface area (Å²) in [5.74, 6) is 0.510. The van der Waals surface area contributed by atoms with Gasteiger partial charge in [-0.25, -0.2) is 0 Å². The molecule has 2 aromatic heterocycles. The number of aromatic nitrogens is 3. The zero-order valence-corrected chi connectivity index (χ0v) is 10.5. The van der Waals surface area contributed by atoms with Gasteiger partial charge in [0.1, 0.15) is 5.75 Å². The second kappa shape index (κ2) is 5.44. The Morgan fingerprint density at radius 2 is 2.28 bits per heavy atom. The van der Waals surface area contributed by atoms with Gasteiger partial charge >= 0.3 is 0 Å². The minimum absolute atomic E-state index is 0.00454. The first-order valence-corrected chi connectivity index (χ1v) is 5.77. The largest absolute Gasteiger partial charge is 0.494 e. The van der Waals surface area contributed by atoms with Gasteiger partial charge in [-0.05, 0) is 18.6 Å². The topological polar surface area (TPSA) is 57.0 Å². The number of carbonyl (C=O) groups is 1. The first-order valence-electron chi connectivity index (χ1n) is 5.77. The molecule has 0 fully saturated rings. The van der Waals surface area contributed by atoms with E-state index in [2.05, 4.69) is 10.1 Å². The number of rotatable bonds is 5. The fourth-order valence-electron chi connectivity index (χ4n) is 1.72. The van der Waals surface area contributed by atoms with Crippen molar-refractivity contribution in [3.8, 4) is 5.75 Å². The summed E-state index contributed by atoms with van der Waals surface area (Å²) >= 11 is 0. The van der Waals surface area contributed by atoms with Gasteiger partial charge in [0.15, 0.2) is 5.78 Å². The molecule has 0 radical (unpaired) electrons. The molecule has 5 heteroatoms. The van der Waals surface area contributed by atoms with Crippen LogP contribution in [0.3, 0.4) is 0 Å². The molecule has 0 saturated heterocycles. The molecule has 0 aromatic carbocycles. The number of aryl methyl sites for hydroxylation is 1. The van der Waals surface area contributed by atoms with Gasteiger partial charge in [-0.1, -0.05) is 0 Å². The number of Topliss-reactive ketones (excluding diaryl/α,β-unsaturated/α-hetero) is 1. The molecule has 18 heavy (non-hydrogen) atoms. The highest BCUT2D eigenvalue weighted by atomic mass is 16.5. The Morgan fingerprint density at radius 3 is 2.94 bits per heavy atom. The molecule has 0 saturated carbocycles. The van der Waals surface area contributed by atoms with Crippen LogP contribution >= 0.6 is 0 Å². The summed E-state index contributed by atoms with van der Waals surface area (Å²) in [4.78, 5) is 16.1. The number of hydrogen-bond donors (Lipinski definition) is 0. The van der Waals surface area contributed by atoms with Crippen LogP contribution < -0.4 is 4.74 Å². The van der Waals surface area contributed by atoms with Gasteiger partial charge in [0, 0.05) is 25.4 Å². The normalized spacial score (nSPS) is 10.3. The summed E-state index contributed by atoms with van der Waals surface area (Å²) in [5, 5.41) is 4.14. The maximum absolute atomic E-state index is 12.1. The van der Waals surface area contributed by atoms with E-state index in [1.807, 2.05) is 13.1 Å². The van der Waals surface area contributed by atoms with Crippen LogP contribution in [0.1, 0.15) is 22.8 Å². The predicted octanol–water partition coefficient (Wildman–Crippen LogP) is 1.73. The zero-order valence-electron chi connectivity index (χ0n) is 10.5. The average molecular weight is 245 g/mol. The van der Waals surface area contributed by atoms with Gasteiger partial charge in [0.25, 0.3) is 0 Å². The van der Waals surface area contributed by atoms with Crippen molar-refractivity contribution in [3.05, 3.63) is 42.0 Å². The fraction of sp³-hybridized carbons (Fsp3) is 0.308. The highest BCUT2D eigenvalue weighted by molar-refractivity contribution is 5.99. The minimum atomic E-state index is 0.00454. The van der Waals surface area contributed by atoms with Gasteiger partial charge in [-0.2, -0.15) is 5.10 Å². The molecule has 2 aromatic rings. The van der Waals surface area contributed by atoms with Gasteiger partial charge < -0.3 is 4.74 Å². The van der Waals surface area contributed by atoms with E-state index in [-0.39, 0.29) is 5.78 Å². The van der Waals surface area contributed by atoms with Gasteiger partial charge in [0.2, 0.25) is 0 Å². The van der Waals surface area contributed by atoms with Gasteiger partial charge in [-0.3, -0.25) is 14.5 Å². The highest BCUT2D eigenvalue weighted by Crippen LogP contribution is 2.18. The first kappa shape index (κ1) is 12.3. The van der Waals surface area contributed by atoms with Crippen molar-refractivity contribution in [2.45, 2.75) is 19.9 Å². The van der Waals surface area contributed by atoms with Crippen molar-refractivity contribution in [3.63, 3.8) is 0 Å². The molecular weight excluding hydrogens is 230 g/mol. The smallest absolute Gasteiger partial charge is 0.171 e. The second-order valence-corrected chi connectivity index (χ2v) is 3.88. The summed E-state index contributed by atoms with van der Waals surface area (Å²) < 4.78 is 6.92. The molecule has 0 aliphatic carbocycles. The molecule has 0 spiro atoms. The standard InChI is InChI=1S/C13H15N3O2/c1-3-16-9-10(7-15-16)6-12(17)11-4-5-14-8-13(11)18-2/h4-5,7-9H,3,6H2,1-2H3. The Balaban J connectivity index is 2.16. The maximum atomic E-state index is 12.1. The Labute approximate surface area is 105 Å². The molecule has 94 valence electrons. The lowest BCUT2D eigenvalue weighted by Gasteiger charge is -2.05. The molecule has 0 bridgehead atoms. The molecule has 2 heterocycles. The SMILES string of the molecule is CCn1cc(CC(=O)c2ccncc2OC)cn1. The Kier molecular flexibility index (Phi) is 3.72. The van der Waals surface area contributed by atoms with E-state index < -0.39 is 0 Å². The molecule has 0 atom stereocenters. The van der Waals surface area contributed by atoms with Crippen LogP contribution in [0.25, 0.3) is 0 Å². The maximum Gasteiger partial charge on any atom is 0.171 e. The van der Waals surface area contributed by atoms with Crippen molar-refractivity contribution in [2.75, 3.05) is 7.11 Å². The number of carbonyl (C=O) groups excluding carboxylic acids is 1. The lowest BCUT2D eigenvalue weighted by Crippen LogP contribution is -2.05. The average Bonchev–Trinajstić information content (AvgIpc) is 2.86. The highest BCUT2D eigenvalue weighted by Gasteiger charge is 2.13. The van der Waals surface area contributed by atoms with E-state index in [9.17, 15) is 4.79 Å². The molecule has 5 nitrogen and oxygen atoms in total. The number of hydrogen-bond acceptors (Lipinski definition) is 4. The van der Waals surface area contributed by atoms with Crippen molar-refractivity contribution in [1.82, 2.24) is 14.8 Å². The lowest BCUT2D eigenvalue weighted by molar-refractivity contribution is 0.0990. The van der Waals surface area contributed by atoms with Crippen LogP contribution in [0.4, 0.5) is 0 Å². The Bertz CT molecular complexity index is 549. The number of pyridine rings is 1. The van der Waals surface area contributed by atoms with Crippen LogP contribution in [0.15, 0.2) is 30.9 Å². The molecule has 0 aliphatic rings. The van der Waals surface area contributed by atoms with E-state index in [0.29, 0.717) is 17.7 Å². The number of ketones is 1. The third kappa shape index (κ3) is 2.56. The summed E-state index contributed by atoms with van der Waals surface area (Å²) in [6.07, 6.45) is 7.05. The predicted molar refractivity (Wildman–Crippen MR) is 66.7 cm³/mol. The molecular formula is C13H15N3O2. The first-order chi connectivity index (χ1) is 8.74. The fourth-order valence-corrected chi connectivity index (χ4v) is 1.72. The monoisotopic (exact) mass is 245 g/mol. The molecule has 2 rings (SSSR count). The third-order valence-corrected chi connectivity index (χ3v) is 2.68. The number of nitrogens with zero attached hydrogens (tertiary/aromatic N) is 3. The van der Waals surface area contributed by atoms with Crippen LogP contribution in [0.5, 0.6) is 5.75 Å². The molecule has 0 unspecified atom stereocenters. The summed E-state index contributed by atoms with van der Waals surface area (Å²) in [6, 6.07) is 1.67. The quantitative estimate of drug-likeness (QED) is 0.753. The summed E-state index contributed by atoms with van der Waals surface area (Å²) in [5.41, 5.74) is 1.46.